The van der Waals surface area contributed by atoms with Gasteiger partial charge in [-0.05, 0) is 43.3 Å². The Morgan fingerprint density at radius 3 is 2.34 bits per heavy atom. The molecule has 0 radical (unpaired) electrons. The minimum Gasteiger partial charge on any atom is -0.352 e. The van der Waals surface area contributed by atoms with Gasteiger partial charge in [0.15, 0.2) is 11.6 Å². The van der Waals surface area contributed by atoms with Crippen molar-refractivity contribution < 1.29 is 18.0 Å². The van der Waals surface area contributed by atoms with E-state index in [0.29, 0.717) is 43.6 Å². The number of aromatic nitrogens is 4. The number of carbonyl (C=O) groups is 1. The highest BCUT2D eigenvalue weighted by molar-refractivity contribution is 5.94. The standard InChI is InChI=1S/C21H20F3N7O/c1-14-3-2-4-17(26-14)27-18-7-8-19(29-28-18)30-9-11-31(12-10-30)20(32)15-5-6-16(25-13-15)21(22,23)24/h2-8,13H,9-12H2,1H3,(H,26,27,28). The van der Waals surface area contributed by atoms with Gasteiger partial charge < -0.3 is 15.1 Å². The van der Waals surface area contributed by atoms with E-state index in [9.17, 15) is 18.0 Å². The smallest absolute Gasteiger partial charge is 0.352 e. The van der Waals surface area contributed by atoms with Gasteiger partial charge in [-0.15, -0.1) is 10.2 Å². The second-order valence-corrected chi connectivity index (χ2v) is 7.28. The van der Waals surface area contributed by atoms with Gasteiger partial charge in [0.05, 0.1) is 5.56 Å². The summed E-state index contributed by atoms with van der Waals surface area (Å²) in [7, 11) is 0. The zero-order valence-electron chi connectivity index (χ0n) is 17.2. The van der Waals surface area contributed by atoms with Crippen molar-refractivity contribution in [2.45, 2.75) is 13.1 Å². The molecule has 166 valence electrons. The Hall–Kier alpha value is -3.76. The number of pyridine rings is 2. The number of halogens is 3. The molecule has 1 saturated heterocycles. The summed E-state index contributed by atoms with van der Waals surface area (Å²) in [6.45, 7) is 3.78. The lowest BCUT2D eigenvalue weighted by molar-refractivity contribution is -0.141. The summed E-state index contributed by atoms with van der Waals surface area (Å²) in [5, 5.41) is 11.5. The molecule has 0 spiro atoms. The summed E-state index contributed by atoms with van der Waals surface area (Å²) in [4.78, 5) is 23.9. The van der Waals surface area contributed by atoms with Crippen LogP contribution in [0.1, 0.15) is 21.7 Å². The van der Waals surface area contributed by atoms with E-state index in [1.807, 2.05) is 36.1 Å². The van der Waals surface area contributed by atoms with Gasteiger partial charge in [-0.3, -0.25) is 9.78 Å². The van der Waals surface area contributed by atoms with Crippen molar-refractivity contribution in [2.24, 2.45) is 0 Å². The Bertz CT molecular complexity index is 1080. The first-order chi connectivity index (χ1) is 15.3. The summed E-state index contributed by atoms with van der Waals surface area (Å²) >= 11 is 0. The number of aryl methyl sites for hydroxylation is 1. The van der Waals surface area contributed by atoms with Gasteiger partial charge in [0, 0.05) is 38.1 Å². The third-order valence-corrected chi connectivity index (χ3v) is 4.99. The van der Waals surface area contributed by atoms with E-state index in [4.69, 9.17) is 0 Å². The molecule has 0 saturated carbocycles. The van der Waals surface area contributed by atoms with Gasteiger partial charge in [0.2, 0.25) is 0 Å². The lowest BCUT2D eigenvalue weighted by Gasteiger charge is -2.35. The van der Waals surface area contributed by atoms with E-state index < -0.39 is 11.9 Å². The predicted molar refractivity (Wildman–Crippen MR) is 112 cm³/mol. The third-order valence-electron chi connectivity index (χ3n) is 4.99. The van der Waals surface area contributed by atoms with Crippen LogP contribution in [0.5, 0.6) is 0 Å². The van der Waals surface area contributed by atoms with Gasteiger partial charge in [-0.2, -0.15) is 13.2 Å². The van der Waals surface area contributed by atoms with Crippen LogP contribution >= 0.6 is 0 Å². The van der Waals surface area contributed by atoms with Crippen LogP contribution in [0.25, 0.3) is 0 Å². The summed E-state index contributed by atoms with van der Waals surface area (Å²) < 4.78 is 37.9. The Balaban J connectivity index is 1.33. The predicted octanol–water partition coefficient (Wildman–Crippen LogP) is 3.30. The lowest BCUT2D eigenvalue weighted by Crippen LogP contribution is -2.49. The molecule has 0 bridgehead atoms. The zero-order chi connectivity index (χ0) is 22.7. The summed E-state index contributed by atoms with van der Waals surface area (Å²) in [6, 6.07) is 11.3. The van der Waals surface area contributed by atoms with Crippen molar-refractivity contribution in [3.05, 3.63) is 65.6 Å². The zero-order valence-corrected chi connectivity index (χ0v) is 17.2. The number of amides is 1. The maximum Gasteiger partial charge on any atom is 0.433 e. The summed E-state index contributed by atoms with van der Waals surface area (Å²) in [5.41, 5.74) is -0.000869. The highest BCUT2D eigenvalue weighted by atomic mass is 19.4. The molecule has 32 heavy (non-hydrogen) atoms. The van der Waals surface area contributed by atoms with Gasteiger partial charge in [0.1, 0.15) is 11.5 Å². The van der Waals surface area contributed by atoms with Crippen LogP contribution in [-0.4, -0.2) is 57.2 Å². The fourth-order valence-electron chi connectivity index (χ4n) is 3.31. The molecule has 1 aliphatic rings. The van der Waals surface area contributed by atoms with Gasteiger partial charge in [0.25, 0.3) is 5.91 Å². The van der Waals surface area contributed by atoms with Crippen LogP contribution in [0.4, 0.5) is 30.6 Å². The second kappa shape index (κ2) is 8.77. The van der Waals surface area contributed by atoms with Gasteiger partial charge in [-0.1, -0.05) is 6.07 Å². The van der Waals surface area contributed by atoms with Crippen molar-refractivity contribution in [3.63, 3.8) is 0 Å². The first kappa shape index (κ1) is 21.5. The average Bonchev–Trinajstić information content (AvgIpc) is 2.79. The molecule has 3 aromatic heterocycles. The van der Waals surface area contributed by atoms with Crippen molar-refractivity contribution in [1.29, 1.82) is 0 Å². The summed E-state index contributed by atoms with van der Waals surface area (Å²) in [6.07, 6.45) is -3.56. The van der Waals surface area contributed by atoms with Crippen molar-refractivity contribution in [3.8, 4) is 0 Å². The molecule has 1 aliphatic heterocycles. The molecule has 0 atom stereocenters. The topological polar surface area (TPSA) is 87.1 Å². The molecular weight excluding hydrogens is 423 g/mol. The van der Waals surface area contributed by atoms with Crippen LogP contribution in [-0.2, 0) is 6.18 Å². The van der Waals surface area contributed by atoms with E-state index in [1.54, 1.807) is 11.0 Å². The highest BCUT2D eigenvalue weighted by Crippen LogP contribution is 2.27. The number of carbonyl (C=O) groups excluding carboxylic acids is 1. The number of anilines is 3. The first-order valence-corrected chi connectivity index (χ1v) is 9.91. The fraction of sp³-hybridized carbons (Fsp3) is 0.286. The fourth-order valence-corrected chi connectivity index (χ4v) is 3.31. The number of hydrogen-bond acceptors (Lipinski definition) is 7. The molecule has 4 rings (SSSR count). The summed E-state index contributed by atoms with van der Waals surface area (Å²) in [5.74, 6) is 1.57. The number of alkyl halides is 3. The Labute approximate surface area is 182 Å². The van der Waals surface area contributed by atoms with E-state index in [1.165, 1.54) is 0 Å². The van der Waals surface area contributed by atoms with Gasteiger partial charge >= 0.3 is 6.18 Å². The number of hydrogen-bond donors (Lipinski definition) is 1. The third kappa shape index (κ3) is 4.93. The quantitative estimate of drug-likeness (QED) is 0.662. The number of piperazine rings is 1. The molecule has 1 fully saturated rings. The van der Waals surface area contributed by atoms with Crippen LogP contribution in [0.3, 0.4) is 0 Å². The first-order valence-electron chi connectivity index (χ1n) is 9.91. The number of nitrogens with one attached hydrogen (secondary N) is 1. The maximum atomic E-state index is 12.6. The molecule has 1 N–H and O–H groups in total. The van der Waals surface area contributed by atoms with Crippen LogP contribution < -0.4 is 10.2 Å². The largest absolute Gasteiger partial charge is 0.433 e. The normalized spacial score (nSPS) is 14.4. The molecule has 11 heteroatoms. The minimum atomic E-state index is -4.53. The molecule has 0 unspecified atom stereocenters. The lowest BCUT2D eigenvalue weighted by atomic mass is 10.2. The van der Waals surface area contributed by atoms with E-state index in [2.05, 4.69) is 25.5 Å². The monoisotopic (exact) mass is 443 g/mol. The molecule has 0 aromatic carbocycles. The Morgan fingerprint density at radius 1 is 0.969 bits per heavy atom. The molecule has 8 nitrogen and oxygen atoms in total. The Kier molecular flexibility index (Phi) is 5.89. The molecule has 0 aliphatic carbocycles. The maximum absolute atomic E-state index is 12.6. The van der Waals surface area contributed by atoms with Crippen molar-refractivity contribution in [1.82, 2.24) is 25.1 Å². The minimum absolute atomic E-state index is 0.131. The van der Waals surface area contributed by atoms with E-state index in [0.717, 1.165) is 24.0 Å². The highest BCUT2D eigenvalue weighted by Gasteiger charge is 2.32. The second-order valence-electron chi connectivity index (χ2n) is 7.28. The number of nitrogens with zero attached hydrogens (tertiary/aromatic N) is 6. The van der Waals surface area contributed by atoms with E-state index >= 15 is 0 Å². The van der Waals surface area contributed by atoms with Crippen LogP contribution in [0.15, 0.2) is 48.7 Å². The Morgan fingerprint density at radius 2 is 1.75 bits per heavy atom. The molecule has 1 amide bonds. The van der Waals surface area contributed by atoms with Crippen LogP contribution in [0, 0.1) is 6.92 Å². The SMILES string of the molecule is Cc1cccc(Nc2ccc(N3CCN(C(=O)c4ccc(C(F)(F)F)nc4)CC3)nn2)n1. The van der Waals surface area contributed by atoms with Crippen molar-refractivity contribution >= 4 is 23.4 Å². The molecule has 3 aromatic rings. The van der Waals surface area contributed by atoms with Crippen molar-refractivity contribution in [2.75, 3.05) is 36.4 Å². The van der Waals surface area contributed by atoms with E-state index in [-0.39, 0.29) is 11.5 Å². The number of rotatable bonds is 4. The molecular formula is C21H20F3N7O. The van der Waals surface area contributed by atoms with Crippen LogP contribution in [0.2, 0.25) is 0 Å². The molecule has 4 heterocycles. The average molecular weight is 443 g/mol. The van der Waals surface area contributed by atoms with Gasteiger partial charge in [-0.25, -0.2) is 4.98 Å².